The van der Waals surface area contributed by atoms with Crippen LogP contribution in [0.2, 0.25) is 0 Å². The standard InChI is InChI=1S/C15H29O6/c1-4-16-5-6-17-7-8-18-9-10-19-11-12-20-13-14-21-15(2)3/h4,15H,1-2,5-14H2,3H3. The molecule has 0 aromatic carbocycles. The molecule has 0 fully saturated rings. The molecule has 6 heteroatoms. The van der Waals surface area contributed by atoms with Crippen LogP contribution >= 0.6 is 0 Å². The van der Waals surface area contributed by atoms with Gasteiger partial charge in [0.05, 0.1) is 71.8 Å². The Labute approximate surface area is 128 Å². The Bertz CT molecular complexity index is 210. The van der Waals surface area contributed by atoms with E-state index in [-0.39, 0.29) is 6.10 Å². The second-order valence-corrected chi connectivity index (χ2v) is 4.17. The minimum absolute atomic E-state index is 0.000454. The van der Waals surface area contributed by atoms with Crippen LogP contribution in [0.1, 0.15) is 6.92 Å². The summed E-state index contributed by atoms with van der Waals surface area (Å²) in [7, 11) is 0. The van der Waals surface area contributed by atoms with Gasteiger partial charge in [-0.15, -0.1) is 0 Å². The Morgan fingerprint density at radius 2 is 1.10 bits per heavy atom. The number of ether oxygens (including phenoxy) is 6. The monoisotopic (exact) mass is 305 g/mol. The Morgan fingerprint density at radius 3 is 1.48 bits per heavy atom. The Kier molecular flexibility index (Phi) is 16.8. The summed E-state index contributed by atoms with van der Waals surface area (Å²) in [6, 6.07) is 0. The highest BCUT2D eigenvalue weighted by Gasteiger charge is 1.94. The van der Waals surface area contributed by atoms with E-state index in [4.69, 9.17) is 28.4 Å². The molecule has 0 aliphatic rings. The molecule has 0 saturated heterocycles. The predicted molar refractivity (Wildman–Crippen MR) is 80.2 cm³/mol. The Hall–Kier alpha value is -0.660. The van der Waals surface area contributed by atoms with E-state index < -0.39 is 0 Å². The molecule has 0 aliphatic heterocycles. The van der Waals surface area contributed by atoms with Crippen LogP contribution in [-0.2, 0) is 28.4 Å². The summed E-state index contributed by atoms with van der Waals surface area (Å²) in [5.41, 5.74) is 0. The Balaban J connectivity index is 2.95. The minimum Gasteiger partial charge on any atom is -0.499 e. The van der Waals surface area contributed by atoms with Gasteiger partial charge in [-0.2, -0.15) is 0 Å². The van der Waals surface area contributed by atoms with E-state index in [1.807, 2.05) is 6.92 Å². The molecule has 125 valence electrons. The third-order valence-corrected chi connectivity index (χ3v) is 2.21. The lowest BCUT2D eigenvalue weighted by Gasteiger charge is -2.09. The van der Waals surface area contributed by atoms with Crippen LogP contribution in [-0.4, -0.2) is 72.2 Å². The van der Waals surface area contributed by atoms with Gasteiger partial charge in [0, 0.05) is 0 Å². The van der Waals surface area contributed by atoms with Gasteiger partial charge in [0.1, 0.15) is 6.61 Å². The van der Waals surface area contributed by atoms with Gasteiger partial charge in [-0.25, -0.2) is 0 Å². The zero-order valence-electron chi connectivity index (χ0n) is 13.1. The van der Waals surface area contributed by atoms with E-state index in [1.165, 1.54) is 6.26 Å². The molecule has 0 heterocycles. The van der Waals surface area contributed by atoms with Crippen molar-refractivity contribution in [2.24, 2.45) is 0 Å². The van der Waals surface area contributed by atoms with E-state index in [0.29, 0.717) is 66.1 Å². The number of rotatable bonds is 17. The second kappa shape index (κ2) is 17.4. The van der Waals surface area contributed by atoms with Crippen molar-refractivity contribution in [3.05, 3.63) is 19.8 Å². The van der Waals surface area contributed by atoms with Crippen molar-refractivity contribution in [1.82, 2.24) is 0 Å². The van der Waals surface area contributed by atoms with Gasteiger partial charge in [-0.3, -0.25) is 0 Å². The first-order chi connectivity index (χ1) is 10.3. The molecule has 0 saturated carbocycles. The normalized spacial score (nSPS) is 11.0. The summed E-state index contributed by atoms with van der Waals surface area (Å²) < 4.78 is 31.4. The summed E-state index contributed by atoms with van der Waals surface area (Å²) >= 11 is 0. The first-order valence-electron chi connectivity index (χ1n) is 7.25. The molecule has 0 rings (SSSR count). The number of hydrogen-bond donors (Lipinski definition) is 0. The van der Waals surface area contributed by atoms with Crippen LogP contribution in [0.15, 0.2) is 12.8 Å². The van der Waals surface area contributed by atoms with Gasteiger partial charge >= 0.3 is 0 Å². The van der Waals surface area contributed by atoms with Gasteiger partial charge in [0.15, 0.2) is 0 Å². The summed E-state index contributed by atoms with van der Waals surface area (Å²) in [5, 5.41) is 0. The zero-order chi connectivity index (χ0) is 15.6. The first-order valence-corrected chi connectivity index (χ1v) is 7.25. The van der Waals surface area contributed by atoms with E-state index in [1.54, 1.807) is 0 Å². The molecular formula is C15H29O6. The van der Waals surface area contributed by atoms with Crippen LogP contribution in [0.5, 0.6) is 0 Å². The fourth-order valence-electron chi connectivity index (χ4n) is 1.26. The zero-order valence-corrected chi connectivity index (χ0v) is 13.1. The molecular weight excluding hydrogens is 276 g/mol. The summed E-state index contributed by atoms with van der Waals surface area (Å²) in [6.45, 7) is 14.5. The van der Waals surface area contributed by atoms with Crippen molar-refractivity contribution in [3.63, 3.8) is 0 Å². The van der Waals surface area contributed by atoms with Crippen molar-refractivity contribution < 1.29 is 28.4 Å². The fourth-order valence-corrected chi connectivity index (χ4v) is 1.26. The largest absolute Gasteiger partial charge is 0.499 e. The van der Waals surface area contributed by atoms with Crippen molar-refractivity contribution in [1.29, 1.82) is 0 Å². The molecule has 6 nitrogen and oxygen atoms in total. The first kappa shape index (κ1) is 20.3. The van der Waals surface area contributed by atoms with Crippen LogP contribution in [0.25, 0.3) is 0 Å². The second-order valence-electron chi connectivity index (χ2n) is 4.17. The van der Waals surface area contributed by atoms with Crippen molar-refractivity contribution in [2.45, 2.75) is 13.0 Å². The van der Waals surface area contributed by atoms with Gasteiger partial charge < -0.3 is 28.4 Å². The molecule has 0 amide bonds. The Morgan fingerprint density at radius 1 is 0.714 bits per heavy atom. The average molecular weight is 305 g/mol. The van der Waals surface area contributed by atoms with E-state index in [9.17, 15) is 0 Å². The van der Waals surface area contributed by atoms with Crippen LogP contribution < -0.4 is 0 Å². The maximum atomic E-state index is 5.35. The van der Waals surface area contributed by atoms with E-state index in [0.717, 1.165) is 0 Å². The molecule has 0 aliphatic carbocycles. The third-order valence-electron chi connectivity index (χ3n) is 2.21. The molecule has 0 aromatic rings. The quantitative estimate of drug-likeness (QED) is 0.299. The van der Waals surface area contributed by atoms with Gasteiger partial charge in [-0.05, 0) is 13.8 Å². The van der Waals surface area contributed by atoms with Crippen molar-refractivity contribution >= 4 is 0 Å². The molecule has 0 N–H and O–H groups in total. The predicted octanol–water partition coefficient (Wildman–Crippen LogP) is 1.45. The van der Waals surface area contributed by atoms with Gasteiger partial charge in [0.25, 0.3) is 0 Å². The lowest BCUT2D eigenvalue weighted by atomic mass is 10.5. The SMILES string of the molecule is [CH2]C(C)OCCOCCOCCOCCOCCOC=C. The van der Waals surface area contributed by atoms with E-state index in [2.05, 4.69) is 13.5 Å². The maximum absolute atomic E-state index is 5.35. The lowest BCUT2D eigenvalue weighted by Crippen LogP contribution is -2.14. The molecule has 1 unspecified atom stereocenters. The average Bonchev–Trinajstić information content (AvgIpc) is 2.46. The van der Waals surface area contributed by atoms with Gasteiger partial charge in [0.2, 0.25) is 0 Å². The molecule has 0 spiro atoms. The van der Waals surface area contributed by atoms with Crippen LogP contribution in [0.4, 0.5) is 0 Å². The smallest absolute Gasteiger partial charge is 0.111 e. The highest BCUT2D eigenvalue weighted by molar-refractivity contribution is 4.48. The summed E-state index contributed by atoms with van der Waals surface area (Å²) in [6.07, 6.45) is 1.40. The topological polar surface area (TPSA) is 55.4 Å². The van der Waals surface area contributed by atoms with Crippen LogP contribution in [0, 0.1) is 6.92 Å². The maximum Gasteiger partial charge on any atom is 0.111 e. The lowest BCUT2D eigenvalue weighted by molar-refractivity contribution is -0.0170. The van der Waals surface area contributed by atoms with E-state index >= 15 is 0 Å². The van der Waals surface area contributed by atoms with Crippen molar-refractivity contribution in [2.75, 3.05) is 66.1 Å². The van der Waals surface area contributed by atoms with Gasteiger partial charge in [-0.1, -0.05) is 6.58 Å². The third kappa shape index (κ3) is 19.3. The fraction of sp³-hybridized carbons (Fsp3) is 0.800. The highest BCUT2D eigenvalue weighted by atomic mass is 16.6. The molecule has 0 bridgehead atoms. The molecule has 1 atom stereocenters. The van der Waals surface area contributed by atoms with Crippen molar-refractivity contribution in [3.8, 4) is 0 Å². The summed E-state index contributed by atoms with van der Waals surface area (Å²) in [5.74, 6) is 0. The summed E-state index contributed by atoms with van der Waals surface area (Å²) in [4.78, 5) is 0. The highest BCUT2D eigenvalue weighted by Crippen LogP contribution is 1.87. The minimum atomic E-state index is 0.000454. The molecule has 0 aromatic heterocycles. The number of hydrogen-bond acceptors (Lipinski definition) is 6. The molecule has 1 radical (unpaired) electrons. The van der Waals surface area contributed by atoms with Crippen LogP contribution in [0.3, 0.4) is 0 Å². The molecule has 21 heavy (non-hydrogen) atoms.